The molecule has 0 aliphatic carbocycles. The summed E-state index contributed by atoms with van der Waals surface area (Å²) in [6.07, 6.45) is 2.11. The van der Waals surface area contributed by atoms with Crippen LogP contribution in [0.2, 0.25) is 0 Å². The molecule has 1 aliphatic heterocycles. The maximum absolute atomic E-state index is 12.8. The van der Waals surface area contributed by atoms with E-state index < -0.39 is 0 Å². The van der Waals surface area contributed by atoms with Crippen LogP contribution in [0.15, 0.2) is 36.4 Å². The highest BCUT2D eigenvalue weighted by Gasteiger charge is 2.28. The van der Waals surface area contributed by atoms with E-state index in [0.29, 0.717) is 11.6 Å². The molecule has 1 fully saturated rings. The van der Waals surface area contributed by atoms with Crippen molar-refractivity contribution >= 4 is 5.91 Å². The van der Waals surface area contributed by atoms with Gasteiger partial charge < -0.3 is 10.6 Å². The molecule has 5 heteroatoms. The van der Waals surface area contributed by atoms with E-state index in [2.05, 4.69) is 5.10 Å². The lowest BCUT2D eigenvalue weighted by atomic mass is 9.92. The Morgan fingerprint density at radius 3 is 2.78 bits per heavy atom. The first-order chi connectivity index (χ1) is 11.1. The molecule has 0 radical (unpaired) electrons. The minimum Gasteiger partial charge on any atom is -0.337 e. The lowest BCUT2D eigenvalue weighted by Crippen LogP contribution is -2.45. The number of rotatable bonds is 3. The Labute approximate surface area is 137 Å². The van der Waals surface area contributed by atoms with Crippen LogP contribution in [0.25, 0.3) is 5.69 Å². The smallest absolute Gasteiger partial charge is 0.274 e. The monoisotopic (exact) mass is 312 g/mol. The van der Waals surface area contributed by atoms with Crippen LogP contribution in [0.3, 0.4) is 0 Å². The maximum Gasteiger partial charge on any atom is 0.274 e. The Balaban J connectivity index is 1.81. The molecular weight excluding hydrogens is 288 g/mol. The minimum atomic E-state index is 0.00753. The summed E-state index contributed by atoms with van der Waals surface area (Å²) in [5, 5.41) is 4.52. The predicted molar refractivity (Wildman–Crippen MR) is 90.6 cm³/mol. The Morgan fingerprint density at radius 1 is 1.35 bits per heavy atom. The Hall–Kier alpha value is -2.14. The molecule has 2 heterocycles. The molecule has 1 saturated heterocycles. The van der Waals surface area contributed by atoms with Gasteiger partial charge in [-0.15, -0.1) is 0 Å². The number of aromatic nitrogens is 2. The van der Waals surface area contributed by atoms with Crippen LogP contribution in [0, 0.1) is 12.8 Å². The van der Waals surface area contributed by atoms with Crippen molar-refractivity contribution in [2.24, 2.45) is 11.7 Å². The topological polar surface area (TPSA) is 64.2 Å². The number of piperidine rings is 1. The zero-order valence-electron chi connectivity index (χ0n) is 13.8. The van der Waals surface area contributed by atoms with Gasteiger partial charge in [-0.1, -0.05) is 18.2 Å². The highest BCUT2D eigenvalue weighted by molar-refractivity contribution is 5.92. The molecule has 2 N–H and O–H groups in total. The lowest BCUT2D eigenvalue weighted by Gasteiger charge is -2.34. The fraction of sp³-hybridized carbons (Fsp3) is 0.444. The van der Waals surface area contributed by atoms with Crippen molar-refractivity contribution in [3.05, 3.63) is 47.8 Å². The number of amides is 1. The van der Waals surface area contributed by atoms with E-state index in [9.17, 15) is 4.79 Å². The standard InChI is InChI=1S/C18H24N4O/c1-13-11-17(20-22(13)16-8-4-3-5-9-16)18(23)21-10-6-7-15(12-21)14(2)19/h3-5,8-9,11,14-15H,6-7,10,12,19H2,1-2H3/t14-,15-/m0/s1. The summed E-state index contributed by atoms with van der Waals surface area (Å²) in [7, 11) is 0. The molecule has 122 valence electrons. The number of nitrogens with zero attached hydrogens (tertiary/aromatic N) is 3. The summed E-state index contributed by atoms with van der Waals surface area (Å²) in [5.41, 5.74) is 8.45. The number of para-hydroxylation sites is 1. The molecule has 1 aromatic heterocycles. The highest BCUT2D eigenvalue weighted by Crippen LogP contribution is 2.21. The second kappa shape index (κ2) is 6.54. The number of aryl methyl sites for hydroxylation is 1. The molecule has 1 amide bonds. The van der Waals surface area contributed by atoms with Crippen LogP contribution in [-0.2, 0) is 0 Å². The lowest BCUT2D eigenvalue weighted by molar-refractivity contribution is 0.0654. The number of hydrogen-bond acceptors (Lipinski definition) is 3. The highest BCUT2D eigenvalue weighted by atomic mass is 16.2. The second-order valence-electron chi connectivity index (χ2n) is 6.43. The van der Waals surface area contributed by atoms with Gasteiger partial charge in [-0.3, -0.25) is 4.79 Å². The molecular formula is C18H24N4O. The van der Waals surface area contributed by atoms with Crippen molar-refractivity contribution in [2.45, 2.75) is 32.7 Å². The molecule has 2 aromatic rings. The van der Waals surface area contributed by atoms with Gasteiger partial charge in [0.2, 0.25) is 0 Å². The van der Waals surface area contributed by atoms with E-state index in [1.54, 1.807) is 0 Å². The molecule has 0 bridgehead atoms. The number of carbonyl (C=O) groups is 1. The minimum absolute atomic E-state index is 0.00753. The molecule has 5 nitrogen and oxygen atoms in total. The van der Waals surface area contributed by atoms with Crippen LogP contribution in [0.4, 0.5) is 0 Å². The Bertz CT molecular complexity index is 678. The normalized spacial score (nSPS) is 19.6. The van der Waals surface area contributed by atoms with Gasteiger partial charge in [-0.2, -0.15) is 5.10 Å². The Morgan fingerprint density at radius 2 is 2.09 bits per heavy atom. The van der Waals surface area contributed by atoms with Crippen LogP contribution < -0.4 is 5.73 Å². The van der Waals surface area contributed by atoms with Gasteiger partial charge in [0.25, 0.3) is 5.91 Å². The average Bonchev–Trinajstić information content (AvgIpc) is 2.97. The van der Waals surface area contributed by atoms with E-state index >= 15 is 0 Å². The largest absolute Gasteiger partial charge is 0.337 e. The fourth-order valence-corrected chi connectivity index (χ4v) is 3.20. The number of hydrogen-bond donors (Lipinski definition) is 1. The van der Waals surface area contributed by atoms with E-state index in [0.717, 1.165) is 37.3 Å². The van der Waals surface area contributed by atoms with E-state index in [1.165, 1.54) is 0 Å². The molecule has 2 atom stereocenters. The third kappa shape index (κ3) is 3.29. The van der Waals surface area contributed by atoms with Crippen LogP contribution >= 0.6 is 0 Å². The summed E-state index contributed by atoms with van der Waals surface area (Å²) >= 11 is 0. The number of carbonyl (C=O) groups excluding carboxylic acids is 1. The van der Waals surface area contributed by atoms with Crippen molar-refractivity contribution in [3.63, 3.8) is 0 Å². The molecule has 23 heavy (non-hydrogen) atoms. The summed E-state index contributed by atoms with van der Waals surface area (Å²) in [4.78, 5) is 14.7. The SMILES string of the molecule is Cc1cc(C(=O)N2CCC[C@H]([C@H](C)N)C2)nn1-c1ccccc1. The molecule has 0 unspecified atom stereocenters. The van der Waals surface area contributed by atoms with Crippen molar-refractivity contribution in [1.82, 2.24) is 14.7 Å². The molecule has 1 aromatic carbocycles. The van der Waals surface area contributed by atoms with Gasteiger partial charge in [0, 0.05) is 24.8 Å². The van der Waals surface area contributed by atoms with Crippen LogP contribution in [0.1, 0.15) is 35.9 Å². The van der Waals surface area contributed by atoms with Crippen molar-refractivity contribution in [2.75, 3.05) is 13.1 Å². The van der Waals surface area contributed by atoms with Gasteiger partial charge in [0.1, 0.15) is 0 Å². The molecule has 1 aliphatic rings. The first-order valence-electron chi connectivity index (χ1n) is 8.23. The zero-order chi connectivity index (χ0) is 16.4. The first-order valence-corrected chi connectivity index (χ1v) is 8.23. The Kier molecular flexibility index (Phi) is 4.48. The summed E-state index contributed by atoms with van der Waals surface area (Å²) in [6, 6.07) is 11.9. The number of likely N-dealkylation sites (tertiary alicyclic amines) is 1. The van der Waals surface area contributed by atoms with E-state index in [1.807, 2.05) is 59.8 Å². The van der Waals surface area contributed by atoms with Gasteiger partial charge >= 0.3 is 0 Å². The molecule has 0 spiro atoms. The quantitative estimate of drug-likeness (QED) is 0.946. The van der Waals surface area contributed by atoms with E-state index in [-0.39, 0.29) is 11.9 Å². The summed E-state index contributed by atoms with van der Waals surface area (Å²) < 4.78 is 1.82. The van der Waals surface area contributed by atoms with Crippen LogP contribution in [0.5, 0.6) is 0 Å². The second-order valence-corrected chi connectivity index (χ2v) is 6.43. The summed E-state index contributed by atoms with van der Waals surface area (Å²) in [6.45, 7) is 5.51. The van der Waals surface area contributed by atoms with Crippen molar-refractivity contribution in [3.8, 4) is 5.69 Å². The van der Waals surface area contributed by atoms with Gasteiger partial charge in [-0.05, 0) is 50.8 Å². The fourth-order valence-electron chi connectivity index (χ4n) is 3.20. The van der Waals surface area contributed by atoms with Gasteiger partial charge in [0.15, 0.2) is 5.69 Å². The van der Waals surface area contributed by atoms with Crippen molar-refractivity contribution in [1.29, 1.82) is 0 Å². The molecule has 0 saturated carbocycles. The van der Waals surface area contributed by atoms with E-state index in [4.69, 9.17) is 5.73 Å². The third-order valence-electron chi connectivity index (χ3n) is 4.60. The van der Waals surface area contributed by atoms with Crippen molar-refractivity contribution < 1.29 is 4.79 Å². The average molecular weight is 312 g/mol. The van der Waals surface area contributed by atoms with Crippen LogP contribution in [-0.4, -0.2) is 39.7 Å². The first kappa shape index (κ1) is 15.7. The molecule has 3 rings (SSSR count). The third-order valence-corrected chi connectivity index (χ3v) is 4.60. The summed E-state index contributed by atoms with van der Waals surface area (Å²) in [5.74, 6) is 0.387. The van der Waals surface area contributed by atoms with Gasteiger partial charge in [-0.25, -0.2) is 4.68 Å². The zero-order valence-corrected chi connectivity index (χ0v) is 13.8. The maximum atomic E-state index is 12.8. The number of benzene rings is 1. The predicted octanol–water partition coefficient (Wildman–Crippen LogP) is 2.38. The van der Waals surface area contributed by atoms with Gasteiger partial charge in [0.05, 0.1) is 5.69 Å². The number of nitrogens with two attached hydrogens (primary N) is 1.